The molecule has 0 saturated heterocycles. The molecule has 0 saturated carbocycles. The van der Waals surface area contributed by atoms with Crippen LogP contribution in [0.1, 0.15) is 13.3 Å². The van der Waals surface area contributed by atoms with Gasteiger partial charge in [0, 0.05) is 24.4 Å². The van der Waals surface area contributed by atoms with Gasteiger partial charge < -0.3 is 15.7 Å². The summed E-state index contributed by atoms with van der Waals surface area (Å²) >= 11 is 5.66. The minimum absolute atomic E-state index is 0.00427. The predicted molar refractivity (Wildman–Crippen MR) is 71.4 cm³/mol. The van der Waals surface area contributed by atoms with Gasteiger partial charge in [0.25, 0.3) is 5.69 Å². The molecule has 0 aromatic heterocycles. The van der Waals surface area contributed by atoms with E-state index in [0.29, 0.717) is 6.42 Å². The van der Waals surface area contributed by atoms with Crippen molar-refractivity contribution in [3.63, 3.8) is 0 Å². The van der Waals surface area contributed by atoms with Gasteiger partial charge in [0.15, 0.2) is 0 Å². The van der Waals surface area contributed by atoms with Gasteiger partial charge in [-0.05, 0) is 25.5 Å². The van der Waals surface area contributed by atoms with Crippen LogP contribution >= 0.6 is 11.6 Å². The number of urea groups is 1. The quantitative estimate of drug-likeness (QED) is 0.570. The first-order chi connectivity index (χ1) is 8.93. The molecule has 0 spiro atoms. The number of hydrogen-bond acceptors (Lipinski definition) is 4. The summed E-state index contributed by atoms with van der Waals surface area (Å²) in [7, 11) is 0. The molecule has 0 aliphatic carbocycles. The second-order valence-corrected chi connectivity index (χ2v) is 4.34. The molecule has 3 N–H and O–H groups in total. The van der Waals surface area contributed by atoms with E-state index < -0.39 is 11.0 Å². The SMILES string of the molecule is C[C@H](CCO)NC(=O)Nc1ccc(Cl)c([N+](=O)[O-])c1. The molecule has 1 aromatic rings. The standard InChI is InChI=1S/C11H14ClN3O4/c1-7(4-5-16)13-11(17)14-8-2-3-9(12)10(6-8)15(18)19/h2-3,6-7,16H,4-5H2,1H3,(H2,13,14,17)/t7-/m1/s1. The fourth-order valence-electron chi connectivity index (χ4n) is 1.39. The highest BCUT2D eigenvalue weighted by Gasteiger charge is 2.14. The average Bonchev–Trinajstić information content (AvgIpc) is 2.31. The second-order valence-electron chi connectivity index (χ2n) is 3.94. The molecule has 1 aromatic carbocycles. The summed E-state index contributed by atoms with van der Waals surface area (Å²) in [5.41, 5.74) is -0.00679. The summed E-state index contributed by atoms with van der Waals surface area (Å²) in [6.45, 7) is 1.70. The van der Waals surface area contributed by atoms with Crippen molar-refractivity contribution in [2.24, 2.45) is 0 Å². The fraction of sp³-hybridized carbons (Fsp3) is 0.364. The number of nitro benzene ring substituents is 1. The number of halogens is 1. The highest BCUT2D eigenvalue weighted by Crippen LogP contribution is 2.27. The number of anilines is 1. The zero-order chi connectivity index (χ0) is 14.4. The molecular formula is C11H14ClN3O4. The number of nitrogens with zero attached hydrogens (tertiary/aromatic N) is 1. The molecule has 1 rings (SSSR count). The van der Waals surface area contributed by atoms with E-state index in [1.165, 1.54) is 18.2 Å². The second kappa shape index (κ2) is 6.91. The molecular weight excluding hydrogens is 274 g/mol. The van der Waals surface area contributed by atoms with Gasteiger partial charge in [0.2, 0.25) is 0 Å². The van der Waals surface area contributed by atoms with Crippen LogP contribution < -0.4 is 10.6 Å². The van der Waals surface area contributed by atoms with Gasteiger partial charge in [-0.15, -0.1) is 0 Å². The van der Waals surface area contributed by atoms with Gasteiger partial charge in [-0.25, -0.2) is 4.79 Å². The van der Waals surface area contributed by atoms with E-state index in [0.717, 1.165) is 0 Å². The molecule has 2 amide bonds. The summed E-state index contributed by atoms with van der Waals surface area (Å²) in [5, 5.41) is 24.4. The van der Waals surface area contributed by atoms with Crippen LogP contribution in [0.3, 0.4) is 0 Å². The zero-order valence-electron chi connectivity index (χ0n) is 10.2. The van der Waals surface area contributed by atoms with Crippen molar-refractivity contribution in [1.29, 1.82) is 0 Å². The van der Waals surface area contributed by atoms with Crippen LogP contribution in [0, 0.1) is 10.1 Å². The first-order valence-corrected chi connectivity index (χ1v) is 5.94. The van der Waals surface area contributed by atoms with Crippen molar-refractivity contribution in [1.82, 2.24) is 5.32 Å². The maximum absolute atomic E-state index is 11.6. The number of aliphatic hydroxyl groups is 1. The normalized spacial score (nSPS) is 11.7. The molecule has 19 heavy (non-hydrogen) atoms. The number of carbonyl (C=O) groups excluding carboxylic acids is 1. The van der Waals surface area contributed by atoms with Crippen LogP contribution in [-0.4, -0.2) is 28.7 Å². The lowest BCUT2D eigenvalue weighted by Crippen LogP contribution is -2.36. The van der Waals surface area contributed by atoms with Gasteiger partial charge in [0.1, 0.15) is 5.02 Å². The number of rotatable bonds is 5. The van der Waals surface area contributed by atoms with E-state index in [1.807, 2.05) is 0 Å². The van der Waals surface area contributed by atoms with Crippen LogP contribution in [0.25, 0.3) is 0 Å². The number of benzene rings is 1. The van der Waals surface area contributed by atoms with Gasteiger partial charge in [0.05, 0.1) is 4.92 Å². The van der Waals surface area contributed by atoms with Crippen LogP contribution in [0.4, 0.5) is 16.2 Å². The lowest BCUT2D eigenvalue weighted by Gasteiger charge is -2.13. The largest absolute Gasteiger partial charge is 0.396 e. The van der Waals surface area contributed by atoms with Crippen molar-refractivity contribution >= 4 is 29.0 Å². The minimum atomic E-state index is -0.625. The van der Waals surface area contributed by atoms with E-state index in [4.69, 9.17) is 16.7 Å². The molecule has 0 fully saturated rings. The third kappa shape index (κ3) is 4.72. The van der Waals surface area contributed by atoms with E-state index >= 15 is 0 Å². The number of aliphatic hydroxyl groups excluding tert-OH is 1. The molecule has 8 heteroatoms. The predicted octanol–water partition coefficient (Wildman–Crippen LogP) is 2.14. The molecule has 0 heterocycles. The number of amides is 2. The maximum Gasteiger partial charge on any atom is 0.319 e. The molecule has 0 unspecified atom stereocenters. The third-order valence-corrected chi connectivity index (χ3v) is 2.66. The number of carbonyl (C=O) groups is 1. The van der Waals surface area contributed by atoms with Crippen molar-refractivity contribution in [3.8, 4) is 0 Å². The van der Waals surface area contributed by atoms with Gasteiger partial charge >= 0.3 is 6.03 Å². The van der Waals surface area contributed by atoms with E-state index in [1.54, 1.807) is 6.92 Å². The Balaban J connectivity index is 2.69. The van der Waals surface area contributed by atoms with Crippen LogP contribution in [0.2, 0.25) is 5.02 Å². The van der Waals surface area contributed by atoms with Gasteiger partial charge in [-0.2, -0.15) is 0 Å². The van der Waals surface area contributed by atoms with Crippen LogP contribution in [-0.2, 0) is 0 Å². The number of hydrogen-bond donors (Lipinski definition) is 3. The summed E-state index contributed by atoms with van der Waals surface area (Å²) < 4.78 is 0. The number of nitrogens with one attached hydrogen (secondary N) is 2. The lowest BCUT2D eigenvalue weighted by molar-refractivity contribution is -0.384. The van der Waals surface area contributed by atoms with Crippen molar-refractivity contribution in [3.05, 3.63) is 33.3 Å². The fourth-order valence-corrected chi connectivity index (χ4v) is 1.57. The summed E-state index contributed by atoms with van der Waals surface area (Å²) in [5.74, 6) is 0. The summed E-state index contributed by atoms with van der Waals surface area (Å²) in [6.07, 6.45) is 0.425. The van der Waals surface area contributed by atoms with Gasteiger partial charge in [-0.1, -0.05) is 11.6 Å². The highest BCUT2D eigenvalue weighted by molar-refractivity contribution is 6.32. The smallest absolute Gasteiger partial charge is 0.319 e. The first kappa shape index (κ1) is 15.2. The Bertz CT molecular complexity index is 481. The van der Waals surface area contributed by atoms with Crippen molar-refractivity contribution in [2.75, 3.05) is 11.9 Å². The molecule has 7 nitrogen and oxygen atoms in total. The number of nitro groups is 1. The monoisotopic (exact) mass is 287 g/mol. The van der Waals surface area contributed by atoms with E-state index in [9.17, 15) is 14.9 Å². The minimum Gasteiger partial charge on any atom is -0.396 e. The molecule has 0 aliphatic heterocycles. The Kier molecular flexibility index (Phi) is 5.53. The summed E-state index contributed by atoms with van der Waals surface area (Å²) in [6, 6.07) is 3.28. The van der Waals surface area contributed by atoms with E-state index in [-0.39, 0.29) is 29.0 Å². The maximum atomic E-state index is 11.6. The van der Waals surface area contributed by atoms with E-state index in [2.05, 4.69) is 10.6 Å². The Morgan fingerprint density at radius 2 is 2.26 bits per heavy atom. The lowest BCUT2D eigenvalue weighted by atomic mass is 10.2. The van der Waals surface area contributed by atoms with Crippen LogP contribution in [0.5, 0.6) is 0 Å². The third-order valence-electron chi connectivity index (χ3n) is 2.34. The van der Waals surface area contributed by atoms with Crippen molar-refractivity contribution < 1.29 is 14.8 Å². The van der Waals surface area contributed by atoms with Gasteiger partial charge in [-0.3, -0.25) is 10.1 Å². The summed E-state index contributed by atoms with van der Waals surface area (Å²) in [4.78, 5) is 21.6. The Morgan fingerprint density at radius 1 is 1.58 bits per heavy atom. The molecule has 0 bridgehead atoms. The highest BCUT2D eigenvalue weighted by atomic mass is 35.5. The topological polar surface area (TPSA) is 104 Å². The zero-order valence-corrected chi connectivity index (χ0v) is 11.0. The first-order valence-electron chi connectivity index (χ1n) is 5.56. The average molecular weight is 288 g/mol. The molecule has 0 radical (unpaired) electrons. The van der Waals surface area contributed by atoms with Crippen molar-refractivity contribution in [2.45, 2.75) is 19.4 Å². The Labute approximate surface area is 114 Å². The molecule has 0 aliphatic rings. The molecule has 104 valence electrons. The Hall–Kier alpha value is -1.86. The van der Waals surface area contributed by atoms with Crippen LogP contribution in [0.15, 0.2) is 18.2 Å². The Morgan fingerprint density at radius 3 is 2.84 bits per heavy atom. The molecule has 1 atom stereocenters.